The molecule has 0 spiro atoms. The van der Waals surface area contributed by atoms with Crippen LogP contribution in [0, 0.1) is 10.1 Å². The van der Waals surface area contributed by atoms with Gasteiger partial charge in [-0.15, -0.1) is 0 Å². The Kier molecular flexibility index (Phi) is 4.98. The molecular formula is C11H17N3O4S. The van der Waals surface area contributed by atoms with Crippen LogP contribution in [0.15, 0.2) is 24.3 Å². The van der Waals surface area contributed by atoms with Crippen LogP contribution in [0.5, 0.6) is 0 Å². The van der Waals surface area contributed by atoms with Crippen LogP contribution in [0.25, 0.3) is 0 Å². The highest BCUT2D eigenvalue weighted by Gasteiger charge is 2.15. The molecule has 0 saturated heterocycles. The second-order valence-corrected chi connectivity index (χ2v) is 6.35. The first-order chi connectivity index (χ1) is 8.74. The molecule has 0 heterocycles. The Morgan fingerprint density at radius 3 is 2.26 bits per heavy atom. The third kappa shape index (κ3) is 4.27. The zero-order valence-electron chi connectivity index (χ0n) is 11.0. The van der Waals surface area contributed by atoms with Crippen LogP contribution in [0.4, 0.5) is 5.69 Å². The molecule has 0 amide bonds. The Morgan fingerprint density at radius 1 is 1.32 bits per heavy atom. The Hall–Kier alpha value is -1.51. The number of benzene rings is 1. The summed E-state index contributed by atoms with van der Waals surface area (Å²) in [6.45, 7) is 2.08. The molecule has 1 rings (SSSR count). The first-order valence-corrected chi connectivity index (χ1v) is 7.09. The summed E-state index contributed by atoms with van der Waals surface area (Å²) in [6.07, 6.45) is 0. The van der Waals surface area contributed by atoms with E-state index in [1.54, 1.807) is 12.1 Å². The summed E-state index contributed by atoms with van der Waals surface area (Å²) in [4.78, 5) is 10.1. The maximum absolute atomic E-state index is 11.5. The van der Waals surface area contributed by atoms with E-state index in [9.17, 15) is 18.5 Å². The van der Waals surface area contributed by atoms with Crippen molar-refractivity contribution in [1.29, 1.82) is 0 Å². The van der Waals surface area contributed by atoms with Crippen LogP contribution >= 0.6 is 0 Å². The fourth-order valence-corrected chi connectivity index (χ4v) is 2.12. The van der Waals surface area contributed by atoms with Crippen molar-refractivity contribution < 1.29 is 13.3 Å². The van der Waals surface area contributed by atoms with Gasteiger partial charge in [0.15, 0.2) is 0 Å². The quantitative estimate of drug-likeness (QED) is 0.626. The van der Waals surface area contributed by atoms with Crippen LogP contribution in [-0.2, 0) is 10.2 Å². The lowest BCUT2D eigenvalue weighted by atomic mass is 10.0. The lowest BCUT2D eigenvalue weighted by Gasteiger charge is -2.16. The zero-order valence-corrected chi connectivity index (χ0v) is 11.8. The summed E-state index contributed by atoms with van der Waals surface area (Å²) in [6, 6.07) is 6.08. The molecule has 0 radical (unpaired) electrons. The Labute approximate surface area is 112 Å². The van der Waals surface area contributed by atoms with Gasteiger partial charge in [0.2, 0.25) is 0 Å². The van der Waals surface area contributed by atoms with E-state index in [2.05, 4.69) is 4.72 Å². The molecule has 1 aromatic rings. The van der Waals surface area contributed by atoms with E-state index in [1.807, 2.05) is 6.92 Å². The zero-order chi connectivity index (χ0) is 14.6. The van der Waals surface area contributed by atoms with Crippen molar-refractivity contribution in [3.63, 3.8) is 0 Å². The van der Waals surface area contributed by atoms with Crippen molar-refractivity contribution in [3.8, 4) is 0 Å². The van der Waals surface area contributed by atoms with E-state index in [0.717, 1.165) is 9.87 Å². The predicted molar refractivity (Wildman–Crippen MR) is 72.1 cm³/mol. The highest BCUT2D eigenvalue weighted by molar-refractivity contribution is 7.87. The SMILES string of the molecule is CC(CNS(=O)(=O)N(C)C)c1ccc([N+](=O)[O-])cc1. The number of rotatable bonds is 6. The van der Waals surface area contributed by atoms with E-state index >= 15 is 0 Å². The van der Waals surface area contributed by atoms with E-state index in [1.165, 1.54) is 26.2 Å². The van der Waals surface area contributed by atoms with E-state index in [0.29, 0.717) is 0 Å². The highest BCUT2D eigenvalue weighted by atomic mass is 32.2. The minimum absolute atomic E-state index is 0.0184. The molecule has 1 aromatic carbocycles. The van der Waals surface area contributed by atoms with Crippen molar-refractivity contribution in [2.24, 2.45) is 0 Å². The van der Waals surface area contributed by atoms with Gasteiger partial charge in [-0.1, -0.05) is 19.1 Å². The van der Waals surface area contributed by atoms with E-state index < -0.39 is 15.1 Å². The van der Waals surface area contributed by atoms with Gasteiger partial charge in [0.05, 0.1) is 4.92 Å². The van der Waals surface area contributed by atoms with Crippen LogP contribution in [0.3, 0.4) is 0 Å². The average molecular weight is 287 g/mol. The van der Waals surface area contributed by atoms with Crippen LogP contribution in [0.1, 0.15) is 18.4 Å². The molecule has 1 N–H and O–H groups in total. The lowest BCUT2D eigenvalue weighted by molar-refractivity contribution is -0.384. The standard InChI is InChI=1S/C11H17N3O4S/c1-9(8-12-19(17,18)13(2)3)10-4-6-11(7-5-10)14(15)16/h4-7,9,12H,8H2,1-3H3. The van der Waals surface area contributed by atoms with Gasteiger partial charge in [0, 0.05) is 32.8 Å². The topological polar surface area (TPSA) is 92.6 Å². The van der Waals surface area contributed by atoms with Gasteiger partial charge in [-0.2, -0.15) is 12.7 Å². The lowest BCUT2D eigenvalue weighted by Crippen LogP contribution is -2.37. The number of hydrogen-bond donors (Lipinski definition) is 1. The summed E-state index contributed by atoms with van der Waals surface area (Å²) in [5.74, 6) is -0.0736. The Bertz CT molecular complexity index is 540. The van der Waals surface area contributed by atoms with Crippen molar-refractivity contribution in [2.75, 3.05) is 20.6 Å². The summed E-state index contributed by atoms with van der Waals surface area (Å²) in [5.41, 5.74) is 0.858. The van der Waals surface area contributed by atoms with Crippen molar-refractivity contribution >= 4 is 15.9 Å². The molecule has 1 atom stereocenters. The first-order valence-electron chi connectivity index (χ1n) is 5.65. The molecule has 0 bridgehead atoms. The molecule has 0 fully saturated rings. The Balaban J connectivity index is 2.69. The second kappa shape index (κ2) is 6.09. The van der Waals surface area contributed by atoms with Gasteiger partial charge < -0.3 is 0 Å². The molecule has 1 unspecified atom stereocenters. The average Bonchev–Trinajstić information content (AvgIpc) is 2.36. The molecule has 0 aliphatic carbocycles. The number of nitro benzene ring substituents is 1. The molecule has 19 heavy (non-hydrogen) atoms. The minimum atomic E-state index is -3.45. The number of nitrogens with zero attached hydrogens (tertiary/aromatic N) is 2. The van der Waals surface area contributed by atoms with E-state index in [4.69, 9.17) is 0 Å². The summed E-state index contributed by atoms with van der Waals surface area (Å²) in [5, 5.41) is 10.5. The fourth-order valence-electron chi connectivity index (χ4n) is 1.40. The Morgan fingerprint density at radius 2 is 1.84 bits per heavy atom. The smallest absolute Gasteiger partial charge is 0.258 e. The summed E-state index contributed by atoms with van der Waals surface area (Å²) >= 11 is 0. The summed E-state index contributed by atoms with van der Waals surface area (Å²) in [7, 11) is -0.561. The monoisotopic (exact) mass is 287 g/mol. The largest absolute Gasteiger partial charge is 0.278 e. The highest BCUT2D eigenvalue weighted by Crippen LogP contribution is 2.18. The molecule has 0 saturated carbocycles. The van der Waals surface area contributed by atoms with Crippen molar-refractivity contribution in [2.45, 2.75) is 12.8 Å². The van der Waals surface area contributed by atoms with Crippen LogP contribution in [-0.4, -0.2) is 38.3 Å². The van der Waals surface area contributed by atoms with Gasteiger partial charge in [0.1, 0.15) is 0 Å². The first kappa shape index (κ1) is 15.5. The maximum atomic E-state index is 11.5. The van der Waals surface area contributed by atoms with Crippen molar-refractivity contribution in [3.05, 3.63) is 39.9 Å². The summed E-state index contributed by atoms with van der Waals surface area (Å²) < 4.78 is 26.6. The normalized spacial score (nSPS) is 13.5. The third-order valence-electron chi connectivity index (χ3n) is 2.73. The molecular weight excluding hydrogens is 270 g/mol. The second-order valence-electron chi connectivity index (χ2n) is 4.39. The van der Waals surface area contributed by atoms with Gasteiger partial charge in [-0.3, -0.25) is 10.1 Å². The van der Waals surface area contributed by atoms with Gasteiger partial charge >= 0.3 is 0 Å². The molecule has 8 heteroatoms. The molecule has 106 valence electrons. The van der Waals surface area contributed by atoms with Gasteiger partial charge in [0.25, 0.3) is 15.9 Å². The number of non-ortho nitro benzene ring substituents is 1. The fraction of sp³-hybridized carbons (Fsp3) is 0.455. The molecule has 7 nitrogen and oxygen atoms in total. The number of nitro groups is 1. The molecule has 0 aliphatic heterocycles. The molecule has 0 aliphatic rings. The number of hydrogen-bond acceptors (Lipinski definition) is 4. The molecule has 0 aromatic heterocycles. The third-order valence-corrected chi connectivity index (χ3v) is 4.22. The minimum Gasteiger partial charge on any atom is -0.258 e. The predicted octanol–water partition coefficient (Wildman–Crippen LogP) is 1.09. The van der Waals surface area contributed by atoms with Crippen LogP contribution < -0.4 is 4.72 Å². The van der Waals surface area contributed by atoms with Gasteiger partial charge in [-0.05, 0) is 11.5 Å². The van der Waals surface area contributed by atoms with Gasteiger partial charge in [-0.25, -0.2) is 4.72 Å². The van der Waals surface area contributed by atoms with Crippen molar-refractivity contribution in [1.82, 2.24) is 9.03 Å². The maximum Gasteiger partial charge on any atom is 0.278 e. The number of nitrogens with one attached hydrogen (secondary N) is 1. The van der Waals surface area contributed by atoms with E-state index in [-0.39, 0.29) is 18.2 Å². The van der Waals surface area contributed by atoms with Crippen LogP contribution in [0.2, 0.25) is 0 Å².